The predicted octanol–water partition coefficient (Wildman–Crippen LogP) is 3.33. The van der Waals surface area contributed by atoms with Crippen molar-refractivity contribution in [1.82, 2.24) is 9.97 Å². The number of allylic oxidation sites excluding steroid dienone is 4. The molecule has 78 valence electrons. The lowest BCUT2D eigenvalue weighted by atomic mass is 10.0. The van der Waals surface area contributed by atoms with Crippen LogP contribution in [0, 0.1) is 0 Å². The van der Waals surface area contributed by atoms with Gasteiger partial charge in [0.25, 0.3) is 0 Å². The van der Waals surface area contributed by atoms with Gasteiger partial charge in [0, 0.05) is 5.69 Å². The van der Waals surface area contributed by atoms with Crippen molar-refractivity contribution >= 4 is 5.57 Å². The highest BCUT2D eigenvalue weighted by molar-refractivity contribution is 5.72. The van der Waals surface area contributed by atoms with E-state index in [0.717, 1.165) is 24.2 Å². The van der Waals surface area contributed by atoms with Crippen molar-refractivity contribution in [1.29, 1.82) is 0 Å². The van der Waals surface area contributed by atoms with Gasteiger partial charge in [-0.05, 0) is 30.4 Å². The summed E-state index contributed by atoms with van der Waals surface area (Å²) in [4.78, 5) is 8.59. The Kier molecular flexibility index (Phi) is 2.95. The van der Waals surface area contributed by atoms with Crippen LogP contribution in [0.2, 0.25) is 0 Å². The van der Waals surface area contributed by atoms with Crippen molar-refractivity contribution in [2.75, 3.05) is 0 Å². The van der Waals surface area contributed by atoms with Crippen molar-refractivity contribution in [3.05, 3.63) is 42.0 Å². The zero-order valence-corrected chi connectivity index (χ0v) is 9.27. The van der Waals surface area contributed by atoms with Crippen LogP contribution in [0.25, 0.3) is 5.57 Å². The molecule has 2 nitrogen and oxygen atoms in total. The molecule has 0 aliphatic heterocycles. The third-order valence-corrected chi connectivity index (χ3v) is 2.57. The van der Waals surface area contributed by atoms with Gasteiger partial charge in [-0.1, -0.05) is 32.1 Å². The standard InChI is InChI=1S/C13H16N2/c1-10(2)12-8-13(15-9-14-12)11-6-4-3-5-7-11/h4,6-10H,3,5H2,1-2H3. The van der Waals surface area contributed by atoms with E-state index in [1.165, 1.54) is 5.57 Å². The van der Waals surface area contributed by atoms with Gasteiger partial charge in [-0.3, -0.25) is 0 Å². The number of nitrogens with zero attached hydrogens (tertiary/aromatic N) is 2. The molecule has 1 aromatic heterocycles. The predicted molar refractivity (Wildman–Crippen MR) is 62.5 cm³/mol. The summed E-state index contributed by atoms with van der Waals surface area (Å²) in [5.41, 5.74) is 3.38. The highest BCUT2D eigenvalue weighted by atomic mass is 14.8. The molecule has 0 radical (unpaired) electrons. The van der Waals surface area contributed by atoms with Crippen LogP contribution in [0.5, 0.6) is 0 Å². The van der Waals surface area contributed by atoms with Crippen LogP contribution in [0.1, 0.15) is 44.0 Å². The molecule has 15 heavy (non-hydrogen) atoms. The molecule has 1 aliphatic carbocycles. The van der Waals surface area contributed by atoms with E-state index in [9.17, 15) is 0 Å². The summed E-state index contributed by atoms with van der Waals surface area (Å²) in [6.45, 7) is 4.30. The van der Waals surface area contributed by atoms with Crippen LogP contribution in [0.15, 0.2) is 30.6 Å². The molecule has 0 spiro atoms. The average molecular weight is 200 g/mol. The molecular weight excluding hydrogens is 184 g/mol. The van der Waals surface area contributed by atoms with E-state index in [-0.39, 0.29) is 0 Å². The lowest BCUT2D eigenvalue weighted by Gasteiger charge is -2.09. The molecule has 1 aromatic rings. The maximum Gasteiger partial charge on any atom is 0.116 e. The molecule has 0 amide bonds. The van der Waals surface area contributed by atoms with Crippen molar-refractivity contribution in [2.45, 2.75) is 32.6 Å². The highest BCUT2D eigenvalue weighted by Gasteiger charge is 2.06. The summed E-state index contributed by atoms with van der Waals surface area (Å²) < 4.78 is 0. The minimum Gasteiger partial charge on any atom is -0.241 e. The maximum absolute atomic E-state index is 4.31. The fourth-order valence-corrected chi connectivity index (χ4v) is 1.65. The fraction of sp³-hybridized carbons (Fsp3) is 0.385. The lowest BCUT2D eigenvalue weighted by molar-refractivity contribution is 0.812. The Balaban J connectivity index is 2.32. The van der Waals surface area contributed by atoms with Crippen LogP contribution < -0.4 is 0 Å². The lowest BCUT2D eigenvalue weighted by Crippen LogP contribution is -1.97. The Labute approximate surface area is 90.8 Å². The first kappa shape index (κ1) is 10.1. The van der Waals surface area contributed by atoms with E-state index in [0.29, 0.717) is 5.92 Å². The summed E-state index contributed by atoms with van der Waals surface area (Å²) in [6.07, 6.45) is 10.5. The normalized spacial score (nSPS) is 15.5. The first-order chi connectivity index (χ1) is 7.27. The first-order valence-electron chi connectivity index (χ1n) is 5.46. The van der Waals surface area contributed by atoms with Gasteiger partial charge in [0.2, 0.25) is 0 Å². The molecule has 0 unspecified atom stereocenters. The van der Waals surface area contributed by atoms with E-state index < -0.39 is 0 Å². The van der Waals surface area contributed by atoms with Crippen molar-refractivity contribution in [2.24, 2.45) is 0 Å². The molecule has 0 saturated carbocycles. The Morgan fingerprint density at radius 3 is 2.73 bits per heavy atom. The fourth-order valence-electron chi connectivity index (χ4n) is 1.65. The molecule has 1 aliphatic rings. The van der Waals surface area contributed by atoms with Gasteiger partial charge in [0.1, 0.15) is 6.33 Å². The Morgan fingerprint density at radius 1 is 1.20 bits per heavy atom. The molecule has 2 heteroatoms. The van der Waals surface area contributed by atoms with Gasteiger partial charge < -0.3 is 0 Å². The minimum atomic E-state index is 0.458. The van der Waals surface area contributed by atoms with Gasteiger partial charge in [0.05, 0.1) is 5.69 Å². The maximum atomic E-state index is 4.31. The average Bonchev–Trinajstić information content (AvgIpc) is 2.30. The monoisotopic (exact) mass is 200 g/mol. The Bertz CT molecular complexity index is 403. The molecule has 0 atom stereocenters. The van der Waals surface area contributed by atoms with Crippen molar-refractivity contribution in [3.8, 4) is 0 Å². The SMILES string of the molecule is CC(C)c1cc(C2=CCCC=C2)ncn1. The molecule has 0 N–H and O–H groups in total. The second kappa shape index (κ2) is 4.39. The van der Waals surface area contributed by atoms with Gasteiger partial charge in [0.15, 0.2) is 0 Å². The van der Waals surface area contributed by atoms with Crippen LogP contribution in [-0.2, 0) is 0 Å². The van der Waals surface area contributed by atoms with Gasteiger partial charge >= 0.3 is 0 Å². The van der Waals surface area contributed by atoms with E-state index in [2.05, 4.69) is 48.1 Å². The minimum absolute atomic E-state index is 0.458. The zero-order valence-electron chi connectivity index (χ0n) is 9.27. The summed E-state index contributed by atoms with van der Waals surface area (Å²) in [5.74, 6) is 0.458. The first-order valence-corrected chi connectivity index (χ1v) is 5.46. The van der Waals surface area contributed by atoms with Crippen LogP contribution in [-0.4, -0.2) is 9.97 Å². The second-order valence-electron chi connectivity index (χ2n) is 4.12. The topological polar surface area (TPSA) is 25.8 Å². The number of rotatable bonds is 2. The highest BCUT2D eigenvalue weighted by Crippen LogP contribution is 2.21. The third-order valence-electron chi connectivity index (χ3n) is 2.57. The quantitative estimate of drug-likeness (QED) is 0.731. The number of aromatic nitrogens is 2. The number of hydrogen-bond acceptors (Lipinski definition) is 2. The van der Waals surface area contributed by atoms with E-state index in [1.807, 2.05) is 0 Å². The second-order valence-corrected chi connectivity index (χ2v) is 4.12. The Hall–Kier alpha value is -1.44. The van der Waals surface area contributed by atoms with Gasteiger partial charge in [-0.2, -0.15) is 0 Å². The summed E-state index contributed by atoms with van der Waals surface area (Å²) in [5, 5.41) is 0. The largest absolute Gasteiger partial charge is 0.241 e. The zero-order chi connectivity index (χ0) is 10.7. The molecular formula is C13H16N2. The molecule has 0 aromatic carbocycles. The molecule has 2 rings (SSSR count). The van der Waals surface area contributed by atoms with Gasteiger partial charge in [-0.15, -0.1) is 0 Å². The summed E-state index contributed by atoms with van der Waals surface area (Å²) >= 11 is 0. The molecule has 0 bridgehead atoms. The van der Waals surface area contributed by atoms with E-state index in [1.54, 1.807) is 6.33 Å². The summed E-state index contributed by atoms with van der Waals surface area (Å²) in [6, 6.07) is 2.09. The van der Waals surface area contributed by atoms with E-state index in [4.69, 9.17) is 0 Å². The summed E-state index contributed by atoms with van der Waals surface area (Å²) in [7, 11) is 0. The van der Waals surface area contributed by atoms with E-state index >= 15 is 0 Å². The van der Waals surface area contributed by atoms with Crippen molar-refractivity contribution < 1.29 is 0 Å². The number of hydrogen-bond donors (Lipinski definition) is 0. The van der Waals surface area contributed by atoms with Gasteiger partial charge in [-0.25, -0.2) is 9.97 Å². The third kappa shape index (κ3) is 2.32. The molecule has 1 heterocycles. The molecule has 0 saturated heterocycles. The smallest absolute Gasteiger partial charge is 0.116 e. The molecule has 0 fully saturated rings. The Morgan fingerprint density at radius 2 is 2.07 bits per heavy atom. The van der Waals surface area contributed by atoms with Crippen LogP contribution >= 0.6 is 0 Å². The van der Waals surface area contributed by atoms with Crippen LogP contribution in [0.3, 0.4) is 0 Å². The van der Waals surface area contributed by atoms with Crippen molar-refractivity contribution in [3.63, 3.8) is 0 Å². The van der Waals surface area contributed by atoms with Crippen LogP contribution in [0.4, 0.5) is 0 Å².